The Morgan fingerprint density at radius 1 is 0.845 bits per heavy atom. The minimum Gasteiger partial charge on any atom is -0.480 e. The van der Waals surface area contributed by atoms with Crippen LogP contribution in [0.5, 0.6) is 5.88 Å². The molecule has 14 nitrogen and oxygen atoms in total. The SMILES string of the molecule is CC.CC[NH+]1CCC(OC)CC1.COC1CCCCC1.COc1ncc(-c2nc(N3CCOCC3)nc3c(CN4CCC(OC)CC4)cccc23)cc1NS(C)(=O)=O. The molecule has 0 bridgehead atoms. The van der Waals surface area contributed by atoms with Gasteiger partial charge in [-0.1, -0.05) is 51.3 Å². The minimum atomic E-state index is -3.54. The average Bonchev–Trinajstić information content (AvgIpc) is 3.27. The van der Waals surface area contributed by atoms with Gasteiger partial charge in [0.25, 0.3) is 0 Å². The summed E-state index contributed by atoms with van der Waals surface area (Å²) < 4.78 is 53.4. The molecule has 2 aromatic heterocycles. The van der Waals surface area contributed by atoms with Gasteiger partial charge >= 0.3 is 0 Å². The fourth-order valence-electron chi connectivity index (χ4n) is 7.90. The Hall–Kier alpha value is -3.18. The van der Waals surface area contributed by atoms with Crippen LogP contribution in [0.1, 0.15) is 84.1 Å². The van der Waals surface area contributed by atoms with E-state index in [0.29, 0.717) is 61.8 Å². The Morgan fingerprint density at radius 2 is 1.47 bits per heavy atom. The van der Waals surface area contributed by atoms with Crippen molar-refractivity contribution in [2.24, 2.45) is 0 Å². The number of rotatable bonds is 11. The Bertz CT molecular complexity index is 1730. The third-order valence-corrected chi connectivity index (χ3v) is 11.9. The van der Waals surface area contributed by atoms with Crippen molar-refractivity contribution in [2.75, 3.05) is 103 Å². The van der Waals surface area contributed by atoms with Crippen LogP contribution in [0.2, 0.25) is 0 Å². The number of methoxy groups -OCH3 is 4. The number of hydrogen-bond donors (Lipinski definition) is 2. The first-order chi connectivity index (χ1) is 28.1. The first-order valence-corrected chi connectivity index (χ1v) is 23.3. The molecular weight excluding hydrogens is 759 g/mol. The van der Waals surface area contributed by atoms with Crippen molar-refractivity contribution in [3.63, 3.8) is 0 Å². The molecule has 1 aromatic carbocycles. The van der Waals surface area contributed by atoms with Crippen LogP contribution in [0.3, 0.4) is 0 Å². The van der Waals surface area contributed by atoms with E-state index in [-0.39, 0.29) is 11.6 Å². The molecule has 1 aliphatic carbocycles. The number of piperidine rings is 2. The first kappa shape index (κ1) is 47.5. The molecule has 0 amide bonds. The molecule has 0 radical (unpaired) electrons. The highest BCUT2D eigenvalue weighted by molar-refractivity contribution is 7.92. The molecule has 5 heterocycles. The number of hydrogen-bond acceptors (Lipinski definition) is 12. The summed E-state index contributed by atoms with van der Waals surface area (Å²) >= 11 is 0. The number of benzene rings is 1. The molecule has 4 fully saturated rings. The normalized spacial score (nSPS) is 20.8. The number of morpholine rings is 1. The number of sulfonamides is 1. The fraction of sp³-hybridized carbons (Fsp3) is 0.698. The summed E-state index contributed by atoms with van der Waals surface area (Å²) in [5.74, 6) is 0.806. The molecule has 58 heavy (non-hydrogen) atoms. The number of nitrogens with one attached hydrogen (secondary N) is 2. The van der Waals surface area contributed by atoms with Crippen LogP contribution in [0.25, 0.3) is 22.2 Å². The molecule has 0 unspecified atom stereocenters. The molecule has 4 aliphatic rings. The quantitative estimate of drug-likeness (QED) is 0.262. The van der Waals surface area contributed by atoms with Crippen molar-refractivity contribution < 1.29 is 37.0 Å². The van der Waals surface area contributed by atoms with Crippen LogP contribution in [-0.2, 0) is 35.5 Å². The fourth-order valence-corrected chi connectivity index (χ4v) is 8.45. The molecule has 7 rings (SSSR count). The van der Waals surface area contributed by atoms with E-state index in [1.54, 1.807) is 24.3 Å². The van der Waals surface area contributed by atoms with E-state index in [0.717, 1.165) is 55.2 Å². The van der Waals surface area contributed by atoms with Gasteiger partial charge in [-0.05, 0) is 44.2 Å². The highest BCUT2D eigenvalue weighted by Crippen LogP contribution is 2.34. The topological polar surface area (TPSA) is 142 Å². The number of pyridine rings is 1. The van der Waals surface area contributed by atoms with Gasteiger partial charge < -0.3 is 33.5 Å². The van der Waals surface area contributed by atoms with Gasteiger partial charge in [-0.2, -0.15) is 0 Å². The van der Waals surface area contributed by atoms with Crippen LogP contribution >= 0.6 is 0 Å². The summed E-state index contributed by atoms with van der Waals surface area (Å²) in [5, 5.41) is 0.878. The number of aromatic nitrogens is 3. The van der Waals surface area contributed by atoms with Gasteiger partial charge in [-0.3, -0.25) is 9.62 Å². The lowest BCUT2D eigenvalue weighted by atomic mass is 9.98. The second-order valence-corrected chi connectivity index (χ2v) is 16.9. The highest BCUT2D eigenvalue weighted by Gasteiger charge is 2.24. The molecule has 15 heteroatoms. The van der Waals surface area contributed by atoms with Gasteiger partial charge in [0.1, 0.15) is 5.69 Å². The largest absolute Gasteiger partial charge is 0.480 e. The molecule has 0 atom stereocenters. The van der Waals surface area contributed by atoms with Crippen molar-refractivity contribution in [1.82, 2.24) is 19.9 Å². The molecule has 2 N–H and O–H groups in total. The Morgan fingerprint density at radius 3 is 2.03 bits per heavy atom. The van der Waals surface area contributed by atoms with Gasteiger partial charge in [0, 0.05) is 84.0 Å². The Labute approximate surface area is 348 Å². The van der Waals surface area contributed by atoms with E-state index < -0.39 is 10.0 Å². The van der Waals surface area contributed by atoms with Gasteiger partial charge in [0.05, 0.1) is 75.7 Å². The zero-order chi connectivity index (χ0) is 41.9. The number of anilines is 2. The summed E-state index contributed by atoms with van der Waals surface area (Å²) in [6.45, 7) is 15.4. The molecule has 3 aliphatic heterocycles. The maximum Gasteiger partial charge on any atom is 0.238 e. The molecule has 326 valence electrons. The number of fused-ring (bicyclic) bond motifs is 1. The third-order valence-electron chi connectivity index (χ3n) is 11.3. The van der Waals surface area contributed by atoms with Crippen molar-refractivity contribution in [3.8, 4) is 17.1 Å². The number of likely N-dealkylation sites (tertiary alicyclic amines) is 2. The van der Waals surface area contributed by atoms with E-state index in [4.69, 9.17) is 33.7 Å². The van der Waals surface area contributed by atoms with Crippen LogP contribution in [0, 0.1) is 0 Å². The standard InChI is InChI=1S/C26H34N6O5S.C8H17NO.C7H14O.C2H6/c1-35-20-7-9-31(10-8-20)17-18-5-4-6-21-23(18)28-26(32-11-13-37-14-12-32)29-24(21)19-15-22(30-38(3,33)34)25(36-2)27-16-19;1-3-9-6-4-8(10-2)5-7-9;1-8-7-5-3-2-4-6-7;1-2/h4-6,15-16,20,30H,7-14,17H2,1-3H3;8H,3-7H2,1-2H3;7H,2-6H2,1H3;1-2H3/p+1. The van der Waals surface area contributed by atoms with Crippen LogP contribution in [-0.4, -0.2) is 140 Å². The summed E-state index contributed by atoms with van der Waals surface area (Å²) in [5.41, 5.74) is 3.60. The third kappa shape index (κ3) is 14.5. The first-order valence-electron chi connectivity index (χ1n) is 21.4. The summed E-state index contributed by atoms with van der Waals surface area (Å²) in [6, 6.07) is 7.85. The number of ether oxygens (including phenoxy) is 5. The predicted octanol–water partition coefficient (Wildman–Crippen LogP) is 5.21. The van der Waals surface area contributed by atoms with Gasteiger partial charge in [-0.15, -0.1) is 0 Å². The van der Waals surface area contributed by atoms with E-state index >= 15 is 0 Å². The van der Waals surface area contributed by atoms with E-state index in [1.807, 2.05) is 40.2 Å². The van der Waals surface area contributed by atoms with Crippen molar-refractivity contribution in [1.29, 1.82) is 0 Å². The van der Waals surface area contributed by atoms with E-state index in [1.165, 1.54) is 71.7 Å². The smallest absolute Gasteiger partial charge is 0.238 e. The van der Waals surface area contributed by atoms with Gasteiger partial charge in [0.2, 0.25) is 21.9 Å². The summed E-state index contributed by atoms with van der Waals surface area (Å²) in [7, 11) is 3.32. The van der Waals surface area contributed by atoms with Crippen LogP contribution in [0.4, 0.5) is 11.6 Å². The number of para-hydroxylation sites is 1. The lowest BCUT2D eigenvalue weighted by molar-refractivity contribution is -0.904. The monoisotopic (exact) mass is 831 g/mol. The highest BCUT2D eigenvalue weighted by atomic mass is 32.2. The number of nitrogens with zero attached hydrogens (tertiary/aromatic N) is 5. The minimum absolute atomic E-state index is 0.186. The average molecular weight is 831 g/mol. The van der Waals surface area contributed by atoms with Crippen molar-refractivity contribution in [3.05, 3.63) is 36.0 Å². The van der Waals surface area contributed by atoms with Crippen molar-refractivity contribution in [2.45, 2.75) is 103 Å². The zero-order valence-electron chi connectivity index (χ0n) is 36.6. The molecule has 1 saturated carbocycles. The maximum atomic E-state index is 12.0. The van der Waals surface area contributed by atoms with Gasteiger partial charge in [0.15, 0.2) is 0 Å². The lowest BCUT2D eigenvalue weighted by Gasteiger charge is -2.31. The Kier molecular flexibility index (Phi) is 20.3. The van der Waals surface area contributed by atoms with Gasteiger partial charge in [-0.25, -0.2) is 23.4 Å². The second kappa shape index (κ2) is 24.8. The van der Waals surface area contributed by atoms with Crippen LogP contribution < -0.4 is 19.3 Å². The van der Waals surface area contributed by atoms with E-state index in [2.05, 4.69) is 32.5 Å². The summed E-state index contributed by atoms with van der Waals surface area (Å²) in [4.78, 5) is 20.7. The van der Waals surface area contributed by atoms with Crippen LogP contribution in [0.15, 0.2) is 30.5 Å². The molecular formula is C43H72N7O7S+. The van der Waals surface area contributed by atoms with E-state index in [9.17, 15) is 8.42 Å². The van der Waals surface area contributed by atoms with Crippen molar-refractivity contribution >= 4 is 32.6 Å². The predicted molar refractivity (Wildman–Crippen MR) is 233 cm³/mol. The molecule has 3 saturated heterocycles. The zero-order valence-corrected chi connectivity index (χ0v) is 37.4. The summed E-state index contributed by atoms with van der Waals surface area (Å²) in [6.07, 6.45) is 15.5. The second-order valence-electron chi connectivity index (χ2n) is 15.2. The number of quaternary nitrogens is 1. The molecule has 0 spiro atoms. The maximum absolute atomic E-state index is 12.0. The lowest BCUT2D eigenvalue weighted by Crippen LogP contribution is -3.12. The molecule has 3 aromatic rings. The Balaban J connectivity index is 0.000000303.